The second-order valence-electron chi connectivity index (χ2n) is 6.41. The fourth-order valence-electron chi connectivity index (χ4n) is 3.68. The molecular weight excluding hydrogens is 230 g/mol. The molecule has 0 aromatic heterocycles. The predicted molar refractivity (Wildman–Crippen MR) is 66.0 cm³/mol. The first kappa shape index (κ1) is 12.0. The molecule has 3 aliphatic rings. The number of carbonyl (C=O) groups is 2. The third-order valence-electron chi connectivity index (χ3n) is 5.43. The van der Waals surface area contributed by atoms with Crippen LogP contribution < -0.4 is 0 Å². The molecule has 18 heavy (non-hydrogen) atoms. The van der Waals surface area contributed by atoms with E-state index >= 15 is 0 Å². The Hall–Kier alpha value is -1.06. The molecule has 3 saturated carbocycles. The maximum Gasteiger partial charge on any atom is 0.329 e. The van der Waals surface area contributed by atoms with Gasteiger partial charge in [0.25, 0.3) is 0 Å². The van der Waals surface area contributed by atoms with Crippen molar-refractivity contribution >= 4 is 11.9 Å². The van der Waals surface area contributed by atoms with E-state index in [-0.39, 0.29) is 11.8 Å². The maximum atomic E-state index is 12.4. The summed E-state index contributed by atoms with van der Waals surface area (Å²) in [6, 6.07) is 0. The third kappa shape index (κ3) is 1.57. The summed E-state index contributed by atoms with van der Waals surface area (Å²) in [5.41, 5.74) is -0.617. The van der Waals surface area contributed by atoms with Gasteiger partial charge in [-0.1, -0.05) is 19.3 Å². The number of nitrogens with zero attached hydrogens (tertiary/aromatic N) is 1. The molecule has 4 heteroatoms. The Kier molecular flexibility index (Phi) is 2.48. The lowest BCUT2D eigenvalue weighted by Gasteiger charge is -2.41. The molecule has 3 aliphatic carbocycles. The van der Waals surface area contributed by atoms with Gasteiger partial charge in [-0.15, -0.1) is 0 Å². The molecule has 1 spiro atoms. The molecule has 0 heterocycles. The normalized spacial score (nSPS) is 30.8. The molecule has 0 aliphatic heterocycles. The lowest BCUT2D eigenvalue weighted by Crippen LogP contribution is -2.56. The highest BCUT2D eigenvalue weighted by atomic mass is 16.4. The van der Waals surface area contributed by atoms with Gasteiger partial charge in [0.05, 0.1) is 0 Å². The van der Waals surface area contributed by atoms with Crippen molar-refractivity contribution in [3.8, 4) is 0 Å². The molecular formula is C14H21NO3. The molecule has 0 radical (unpaired) electrons. The lowest BCUT2D eigenvalue weighted by atomic mass is 9.80. The molecule has 1 amide bonds. The number of rotatable bonds is 3. The van der Waals surface area contributed by atoms with E-state index in [1.807, 2.05) is 0 Å². The van der Waals surface area contributed by atoms with Crippen molar-refractivity contribution in [2.75, 3.05) is 7.05 Å². The van der Waals surface area contributed by atoms with Crippen molar-refractivity contribution in [1.29, 1.82) is 0 Å². The summed E-state index contributed by atoms with van der Waals surface area (Å²) in [5.74, 6) is -0.610. The minimum atomic E-state index is -0.923. The highest BCUT2D eigenvalue weighted by molar-refractivity contribution is 5.90. The Morgan fingerprint density at radius 3 is 2.17 bits per heavy atom. The molecule has 0 aromatic carbocycles. The fraction of sp³-hybridized carbons (Fsp3) is 0.857. The highest BCUT2D eigenvalue weighted by Gasteiger charge is 2.67. The summed E-state index contributed by atoms with van der Waals surface area (Å²) in [7, 11) is 1.70. The second-order valence-corrected chi connectivity index (χ2v) is 6.41. The molecule has 0 aromatic rings. The van der Waals surface area contributed by atoms with Gasteiger partial charge in [-0.25, -0.2) is 4.79 Å². The van der Waals surface area contributed by atoms with Gasteiger partial charge in [0.15, 0.2) is 0 Å². The molecule has 1 N–H and O–H groups in total. The van der Waals surface area contributed by atoms with Gasteiger partial charge in [-0.2, -0.15) is 0 Å². The van der Waals surface area contributed by atoms with Crippen molar-refractivity contribution in [3.63, 3.8) is 0 Å². The van der Waals surface area contributed by atoms with E-state index < -0.39 is 11.5 Å². The Morgan fingerprint density at radius 2 is 1.72 bits per heavy atom. The zero-order valence-electron chi connectivity index (χ0n) is 10.9. The molecule has 3 rings (SSSR count). The SMILES string of the molecule is CN(C(=O)C1CC12CC2)C1(C(=O)O)CCCCC1. The van der Waals surface area contributed by atoms with Crippen LogP contribution in [0.25, 0.3) is 0 Å². The van der Waals surface area contributed by atoms with Crippen LogP contribution in [-0.4, -0.2) is 34.5 Å². The van der Waals surface area contributed by atoms with Crippen LogP contribution in [0, 0.1) is 11.3 Å². The van der Waals surface area contributed by atoms with Gasteiger partial charge < -0.3 is 10.0 Å². The second kappa shape index (κ2) is 3.72. The van der Waals surface area contributed by atoms with Gasteiger partial charge in [0, 0.05) is 13.0 Å². The molecule has 0 bridgehead atoms. The van der Waals surface area contributed by atoms with Crippen LogP contribution in [0.15, 0.2) is 0 Å². The molecule has 3 fully saturated rings. The number of carboxylic acid groups (broad SMARTS) is 1. The number of aliphatic carboxylic acids is 1. The van der Waals surface area contributed by atoms with Crippen LogP contribution in [0.2, 0.25) is 0 Å². The average Bonchev–Trinajstić information content (AvgIpc) is 3.29. The number of hydrogen-bond acceptors (Lipinski definition) is 2. The standard InChI is InChI=1S/C14H21NO3/c1-15(11(16)10-9-13(10)7-8-13)14(12(17)18)5-3-2-4-6-14/h10H,2-9H2,1H3,(H,17,18). The van der Waals surface area contributed by atoms with Crippen LogP contribution in [0.4, 0.5) is 0 Å². The Morgan fingerprint density at radius 1 is 1.11 bits per heavy atom. The summed E-state index contributed by atoms with van der Waals surface area (Å²) < 4.78 is 0. The first-order valence-electron chi connectivity index (χ1n) is 7.03. The summed E-state index contributed by atoms with van der Waals surface area (Å²) in [4.78, 5) is 25.7. The average molecular weight is 251 g/mol. The molecule has 0 saturated heterocycles. The maximum absolute atomic E-state index is 12.4. The summed E-state index contributed by atoms with van der Waals surface area (Å²) >= 11 is 0. The minimum Gasteiger partial charge on any atom is -0.479 e. The highest BCUT2D eigenvalue weighted by Crippen LogP contribution is 2.71. The zero-order valence-corrected chi connectivity index (χ0v) is 10.9. The summed E-state index contributed by atoms with van der Waals surface area (Å²) in [5, 5.41) is 9.56. The van der Waals surface area contributed by atoms with E-state index in [2.05, 4.69) is 0 Å². The van der Waals surface area contributed by atoms with E-state index in [9.17, 15) is 14.7 Å². The van der Waals surface area contributed by atoms with E-state index in [4.69, 9.17) is 0 Å². The van der Waals surface area contributed by atoms with Gasteiger partial charge in [0.1, 0.15) is 5.54 Å². The van der Waals surface area contributed by atoms with Gasteiger partial charge >= 0.3 is 5.97 Å². The minimum absolute atomic E-state index is 0.0804. The van der Waals surface area contributed by atoms with Crippen LogP contribution in [0.1, 0.15) is 51.4 Å². The Bertz CT molecular complexity index is 394. The van der Waals surface area contributed by atoms with Crippen LogP contribution in [0.5, 0.6) is 0 Å². The number of hydrogen-bond donors (Lipinski definition) is 1. The monoisotopic (exact) mass is 251 g/mol. The summed E-state index contributed by atoms with van der Waals surface area (Å²) in [6.07, 6.45) is 7.47. The van der Waals surface area contributed by atoms with Crippen LogP contribution in [0.3, 0.4) is 0 Å². The van der Waals surface area contributed by atoms with Crippen molar-refractivity contribution in [1.82, 2.24) is 4.90 Å². The van der Waals surface area contributed by atoms with Gasteiger partial charge in [-0.05, 0) is 37.5 Å². The lowest BCUT2D eigenvalue weighted by molar-refractivity contribution is -0.161. The van der Waals surface area contributed by atoms with Crippen molar-refractivity contribution in [2.45, 2.75) is 56.9 Å². The van der Waals surface area contributed by atoms with Crippen LogP contribution in [-0.2, 0) is 9.59 Å². The van der Waals surface area contributed by atoms with E-state index in [0.717, 1.165) is 38.5 Å². The van der Waals surface area contributed by atoms with Gasteiger partial charge in [-0.3, -0.25) is 4.79 Å². The number of carbonyl (C=O) groups excluding carboxylic acids is 1. The Balaban J connectivity index is 1.77. The third-order valence-corrected chi connectivity index (χ3v) is 5.43. The fourth-order valence-corrected chi connectivity index (χ4v) is 3.68. The van der Waals surface area contributed by atoms with Gasteiger partial charge in [0.2, 0.25) is 5.91 Å². The largest absolute Gasteiger partial charge is 0.479 e. The number of amides is 1. The quantitative estimate of drug-likeness (QED) is 0.835. The van der Waals surface area contributed by atoms with Crippen LogP contribution >= 0.6 is 0 Å². The summed E-state index contributed by atoms with van der Waals surface area (Å²) in [6.45, 7) is 0. The van der Waals surface area contributed by atoms with E-state index in [1.54, 1.807) is 11.9 Å². The molecule has 1 atom stereocenters. The first-order chi connectivity index (χ1) is 8.52. The smallest absolute Gasteiger partial charge is 0.329 e. The van der Waals surface area contributed by atoms with Crippen molar-refractivity contribution < 1.29 is 14.7 Å². The molecule has 4 nitrogen and oxygen atoms in total. The van der Waals surface area contributed by atoms with E-state index in [0.29, 0.717) is 18.3 Å². The number of carboxylic acids is 1. The molecule has 100 valence electrons. The Labute approximate surface area is 107 Å². The zero-order chi connectivity index (χ0) is 13.0. The van der Waals surface area contributed by atoms with Crippen molar-refractivity contribution in [3.05, 3.63) is 0 Å². The molecule has 1 unspecified atom stereocenters. The predicted octanol–water partition coefficient (Wildman–Crippen LogP) is 2.03. The first-order valence-corrected chi connectivity index (χ1v) is 7.03. The van der Waals surface area contributed by atoms with Crippen molar-refractivity contribution in [2.24, 2.45) is 11.3 Å². The van der Waals surface area contributed by atoms with E-state index in [1.165, 1.54) is 0 Å². The number of likely N-dealkylation sites (N-methyl/N-ethyl adjacent to an activating group) is 1. The topological polar surface area (TPSA) is 57.6 Å².